The Balaban J connectivity index is 2.02. The monoisotopic (exact) mass is 287 g/mol. The van der Waals surface area contributed by atoms with Crippen molar-refractivity contribution in [3.8, 4) is 0 Å². The lowest BCUT2D eigenvalue weighted by atomic mass is 9.98. The Bertz CT molecular complexity index is 533. The number of unbranched alkanes of at least 4 members (excludes halogenated alkanes) is 1. The van der Waals surface area contributed by atoms with Crippen LogP contribution in [0.4, 0.5) is 0 Å². The second-order valence-electron chi connectivity index (χ2n) is 5.25. The Morgan fingerprint density at radius 1 is 1.05 bits per heavy atom. The zero-order valence-corrected chi connectivity index (χ0v) is 12.7. The molecule has 2 rings (SSSR count). The fourth-order valence-electron chi connectivity index (χ4n) is 2.33. The highest BCUT2D eigenvalue weighted by molar-refractivity contribution is 6.31. The second-order valence-corrected chi connectivity index (χ2v) is 5.65. The highest BCUT2D eigenvalue weighted by Gasteiger charge is 2.09. The van der Waals surface area contributed by atoms with Crippen LogP contribution in [0.15, 0.2) is 48.5 Å². The van der Waals surface area contributed by atoms with E-state index in [9.17, 15) is 0 Å². The molecule has 2 aromatic rings. The van der Waals surface area contributed by atoms with Gasteiger partial charge in [0.05, 0.1) is 0 Å². The maximum atomic E-state index is 6.29. The quantitative estimate of drug-likeness (QED) is 0.801. The molecule has 0 fully saturated rings. The molecule has 0 radical (unpaired) electrons. The predicted octanol–water partition coefficient (Wildman–Crippen LogP) is 4.93. The van der Waals surface area contributed by atoms with Crippen molar-refractivity contribution in [2.45, 2.75) is 38.6 Å². The molecule has 2 aromatic carbocycles. The standard InChI is InChI=1S/C18H22ClN/c1-2-3-6-14-9-11-15(12-10-14)18(20)13-16-7-4-5-8-17(16)19/h4-5,7-12,18H,2-3,6,13,20H2,1H3. The van der Waals surface area contributed by atoms with Gasteiger partial charge in [-0.1, -0.05) is 67.4 Å². The van der Waals surface area contributed by atoms with Crippen LogP contribution in [0.3, 0.4) is 0 Å². The first-order valence-electron chi connectivity index (χ1n) is 7.28. The SMILES string of the molecule is CCCCc1ccc(C(N)Cc2ccccc2Cl)cc1. The number of aryl methyl sites for hydroxylation is 1. The van der Waals surface area contributed by atoms with E-state index in [2.05, 4.69) is 31.2 Å². The Morgan fingerprint density at radius 2 is 1.75 bits per heavy atom. The highest BCUT2D eigenvalue weighted by atomic mass is 35.5. The molecule has 0 saturated heterocycles. The van der Waals surface area contributed by atoms with Crippen LogP contribution in [0.5, 0.6) is 0 Å². The molecule has 0 saturated carbocycles. The molecule has 0 aliphatic rings. The smallest absolute Gasteiger partial charge is 0.0438 e. The van der Waals surface area contributed by atoms with Gasteiger partial charge in [-0.25, -0.2) is 0 Å². The number of hydrogen-bond donors (Lipinski definition) is 1. The van der Waals surface area contributed by atoms with Crippen molar-refractivity contribution < 1.29 is 0 Å². The summed E-state index contributed by atoms with van der Waals surface area (Å²) in [5, 5.41) is 0.794. The van der Waals surface area contributed by atoms with Crippen LogP contribution in [0.2, 0.25) is 5.02 Å². The molecule has 0 bridgehead atoms. The molecule has 0 spiro atoms. The Morgan fingerprint density at radius 3 is 2.40 bits per heavy atom. The van der Waals surface area contributed by atoms with Crippen LogP contribution in [0.25, 0.3) is 0 Å². The number of hydrogen-bond acceptors (Lipinski definition) is 1. The molecule has 0 aliphatic heterocycles. The van der Waals surface area contributed by atoms with Crippen molar-refractivity contribution in [3.63, 3.8) is 0 Å². The van der Waals surface area contributed by atoms with E-state index in [-0.39, 0.29) is 6.04 Å². The van der Waals surface area contributed by atoms with Crippen molar-refractivity contribution in [1.29, 1.82) is 0 Å². The molecular weight excluding hydrogens is 266 g/mol. The molecule has 2 heteroatoms. The molecule has 0 heterocycles. The third kappa shape index (κ3) is 4.09. The lowest BCUT2D eigenvalue weighted by Crippen LogP contribution is -2.13. The number of rotatable bonds is 6. The minimum Gasteiger partial charge on any atom is -0.324 e. The third-order valence-corrected chi connectivity index (χ3v) is 3.99. The summed E-state index contributed by atoms with van der Waals surface area (Å²) in [4.78, 5) is 0. The van der Waals surface area contributed by atoms with Gasteiger partial charge >= 0.3 is 0 Å². The average Bonchev–Trinajstić information content (AvgIpc) is 2.48. The van der Waals surface area contributed by atoms with Gasteiger partial charge in [-0.15, -0.1) is 0 Å². The summed E-state index contributed by atoms with van der Waals surface area (Å²) >= 11 is 6.18. The van der Waals surface area contributed by atoms with E-state index < -0.39 is 0 Å². The van der Waals surface area contributed by atoms with Gasteiger partial charge in [-0.05, 0) is 42.0 Å². The maximum absolute atomic E-state index is 6.29. The predicted molar refractivity (Wildman–Crippen MR) is 87.1 cm³/mol. The summed E-state index contributed by atoms with van der Waals surface area (Å²) in [7, 11) is 0. The van der Waals surface area contributed by atoms with Crippen LogP contribution in [-0.2, 0) is 12.8 Å². The van der Waals surface area contributed by atoms with Gasteiger partial charge in [0.15, 0.2) is 0 Å². The maximum Gasteiger partial charge on any atom is 0.0438 e. The highest BCUT2D eigenvalue weighted by Crippen LogP contribution is 2.22. The largest absolute Gasteiger partial charge is 0.324 e. The van der Waals surface area contributed by atoms with E-state index in [1.54, 1.807) is 0 Å². The molecule has 1 unspecified atom stereocenters. The van der Waals surface area contributed by atoms with E-state index in [1.165, 1.54) is 24.0 Å². The summed E-state index contributed by atoms with van der Waals surface area (Å²) in [6, 6.07) is 16.6. The van der Waals surface area contributed by atoms with Gasteiger partial charge in [-0.3, -0.25) is 0 Å². The Labute approximate surface area is 126 Å². The summed E-state index contributed by atoms with van der Waals surface area (Å²) in [6.45, 7) is 2.22. The van der Waals surface area contributed by atoms with Crippen LogP contribution in [0, 0.1) is 0 Å². The number of halogens is 1. The summed E-state index contributed by atoms with van der Waals surface area (Å²) in [5.41, 5.74) is 9.96. The van der Waals surface area contributed by atoms with Gasteiger partial charge in [0.2, 0.25) is 0 Å². The molecule has 0 amide bonds. The van der Waals surface area contributed by atoms with Crippen LogP contribution in [-0.4, -0.2) is 0 Å². The van der Waals surface area contributed by atoms with Crippen molar-refractivity contribution in [1.82, 2.24) is 0 Å². The van der Waals surface area contributed by atoms with Gasteiger partial charge in [0.1, 0.15) is 0 Å². The first-order chi connectivity index (χ1) is 9.70. The molecule has 0 aromatic heterocycles. The molecule has 2 N–H and O–H groups in total. The number of nitrogens with two attached hydrogens (primary N) is 1. The van der Waals surface area contributed by atoms with Gasteiger partial charge in [0.25, 0.3) is 0 Å². The van der Waals surface area contributed by atoms with Gasteiger partial charge < -0.3 is 5.73 Å². The van der Waals surface area contributed by atoms with E-state index in [0.717, 1.165) is 23.4 Å². The lowest BCUT2D eigenvalue weighted by Gasteiger charge is -2.14. The van der Waals surface area contributed by atoms with Crippen LogP contribution in [0.1, 0.15) is 42.5 Å². The molecule has 1 atom stereocenters. The van der Waals surface area contributed by atoms with Crippen LogP contribution < -0.4 is 5.73 Å². The first-order valence-corrected chi connectivity index (χ1v) is 7.66. The minimum absolute atomic E-state index is 0.00451. The van der Waals surface area contributed by atoms with Crippen molar-refractivity contribution >= 4 is 11.6 Å². The van der Waals surface area contributed by atoms with E-state index in [4.69, 9.17) is 17.3 Å². The first kappa shape index (κ1) is 15.1. The summed E-state index contributed by atoms with van der Waals surface area (Å²) in [5.74, 6) is 0. The molecule has 20 heavy (non-hydrogen) atoms. The van der Waals surface area contributed by atoms with Crippen molar-refractivity contribution in [3.05, 3.63) is 70.2 Å². The topological polar surface area (TPSA) is 26.0 Å². The average molecular weight is 288 g/mol. The summed E-state index contributed by atoms with van der Waals surface area (Å²) < 4.78 is 0. The summed E-state index contributed by atoms with van der Waals surface area (Å²) in [6.07, 6.45) is 4.39. The Kier molecular flexibility index (Phi) is 5.63. The molecular formula is C18H22ClN. The van der Waals surface area contributed by atoms with Crippen LogP contribution >= 0.6 is 11.6 Å². The van der Waals surface area contributed by atoms with E-state index in [0.29, 0.717) is 0 Å². The third-order valence-electron chi connectivity index (χ3n) is 3.62. The van der Waals surface area contributed by atoms with E-state index in [1.807, 2.05) is 24.3 Å². The molecule has 0 aliphatic carbocycles. The zero-order valence-electron chi connectivity index (χ0n) is 12.0. The van der Waals surface area contributed by atoms with E-state index >= 15 is 0 Å². The minimum atomic E-state index is -0.00451. The number of benzene rings is 2. The van der Waals surface area contributed by atoms with Crippen molar-refractivity contribution in [2.75, 3.05) is 0 Å². The van der Waals surface area contributed by atoms with Crippen molar-refractivity contribution in [2.24, 2.45) is 5.73 Å². The Hall–Kier alpha value is -1.31. The fourth-order valence-corrected chi connectivity index (χ4v) is 2.54. The molecule has 106 valence electrons. The second kappa shape index (κ2) is 7.47. The zero-order chi connectivity index (χ0) is 14.4. The van der Waals surface area contributed by atoms with Gasteiger partial charge in [0, 0.05) is 11.1 Å². The lowest BCUT2D eigenvalue weighted by molar-refractivity contribution is 0.720. The normalized spacial score (nSPS) is 12.3. The molecule has 1 nitrogen and oxygen atoms in total. The fraction of sp³-hybridized carbons (Fsp3) is 0.333. The van der Waals surface area contributed by atoms with Gasteiger partial charge in [-0.2, -0.15) is 0 Å².